The van der Waals surface area contributed by atoms with Gasteiger partial charge in [0.25, 0.3) is 5.56 Å². The molecule has 0 saturated heterocycles. The van der Waals surface area contributed by atoms with Gasteiger partial charge in [-0.2, -0.15) is 0 Å². The summed E-state index contributed by atoms with van der Waals surface area (Å²) in [5.74, 6) is -1.01. The van der Waals surface area contributed by atoms with Crippen LogP contribution < -0.4 is 11.2 Å². The SMILES string of the molecule is CC(=O)OC[C@H]1C[C@@H](n2cc(-c3ccoc3)c(=O)[nH]c2=O)[C@@H](O)[C@H]1O. The number of aliphatic hydroxyl groups excluding tert-OH is 2. The largest absolute Gasteiger partial charge is 0.472 e. The zero-order chi connectivity index (χ0) is 18.1. The van der Waals surface area contributed by atoms with Gasteiger partial charge < -0.3 is 19.4 Å². The number of esters is 1. The Balaban J connectivity index is 1.93. The summed E-state index contributed by atoms with van der Waals surface area (Å²) in [7, 11) is 0. The molecule has 0 spiro atoms. The van der Waals surface area contributed by atoms with Gasteiger partial charge in [-0.25, -0.2) is 4.79 Å². The summed E-state index contributed by atoms with van der Waals surface area (Å²) in [4.78, 5) is 37.3. The van der Waals surface area contributed by atoms with Crippen LogP contribution in [0.25, 0.3) is 11.1 Å². The molecule has 0 unspecified atom stereocenters. The zero-order valence-electron chi connectivity index (χ0n) is 13.4. The maximum absolute atomic E-state index is 12.2. The highest BCUT2D eigenvalue weighted by atomic mass is 16.5. The third-order valence-corrected chi connectivity index (χ3v) is 4.43. The number of carbonyl (C=O) groups is 1. The highest BCUT2D eigenvalue weighted by Crippen LogP contribution is 2.35. The van der Waals surface area contributed by atoms with Gasteiger partial charge in [-0.15, -0.1) is 0 Å². The van der Waals surface area contributed by atoms with E-state index in [0.717, 1.165) is 0 Å². The first-order valence-electron chi connectivity index (χ1n) is 7.76. The molecule has 0 aliphatic heterocycles. The number of carbonyl (C=O) groups excluding carboxylic acids is 1. The van der Waals surface area contributed by atoms with E-state index >= 15 is 0 Å². The summed E-state index contributed by atoms with van der Waals surface area (Å²) >= 11 is 0. The van der Waals surface area contributed by atoms with Crippen molar-refractivity contribution >= 4 is 5.97 Å². The number of aliphatic hydroxyl groups is 2. The Morgan fingerprint density at radius 1 is 1.40 bits per heavy atom. The van der Waals surface area contributed by atoms with Gasteiger partial charge in [-0.3, -0.25) is 19.1 Å². The fourth-order valence-electron chi connectivity index (χ4n) is 3.12. The van der Waals surface area contributed by atoms with Gasteiger partial charge in [0.1, 0.15) is 6.10 Å². The van der Waals surface area contributed by atoms with E-state index in [9.17, 15) is 24.6 Å². The Morgan fingerprint density at radius 3 is 2.80 bits per heavy atom. The van der Waals surface area contributed by atoms with E-state index in [1.165, 1.54) is 30.2 Å². The van der Waals surface area contributed by atoms with E-state index in [4.69, 9.17) is 9.15 Å². The summed E-state index contributed by atoms with van der Waals surface area (Å²) in [5.41, 5.74) is -0.577. The Kier molecular flexibility index (Phi) is 4.60. The highest BCUT2D eigenvalue weighted by Gasteiger charge is 2.43. The normalized spacial score (nSPS) is 25.9. The minimum atomic E-state index is -1.23. The molecule has 2 heterocycles. The fraction of sp³-hybridized carbons (Fsp3) is 0.438. The Bertz CT molecular complexity index is 867. The number of aromatic nitrogens is 2. The second-order valence-electron chi connectivity index (χ2n) is 6.07. The van der Waals surface area contributed by atoms with Crippen molar-refractivity contribution in [1.82, 2.24) is 9.55 Å². The van der Waals surface area contributed by atoms with E-state index in [1.54, 1.807) is 6.07 Å². The molecule has 0 bridgehead atoms. The van der Waals surface area contributed by atoms with E-state index in [-0.39, 0.29) is 18.6 Å². The molecule has 2 aromatic heterocycles. The molecule has 1 aliphatic rings. The van der Waals surface area contributed by atoms with E-state index in [1.807, 2.05) is 0 Å². The Hall–Kier alpha value is -2.65. The van der Waals surface area contributed by atoms with Crippen molar-refractivity contribution in [3.63, 3.8) is 0 Å². The first-order chi connectivity index (χ1) is 11.9. The first kappa shape index (κ1) is 17.2. The lowest BCUT2D eigenvalue weighted by Gasteiger charge is -2.19. The number of hydrogen-bond donors (Lipinski definition) is 3. The third-order valence-electron chi connectivity index (χ3n) is 4.43. The molecular formula is C16H18N2O7. The van der Waals surface area contributed by atoms with Crippen molar-refractivity contribution < 1.29 is 24.2 Å². The molecule has 1 saturated carbocycles. The predicted molar refractivity (Wildman–Crippen MR) is 84.8 cm³/mol. The molecule has 3 N–H and O–H groups in total. The molecule has 0 radical (unpaired) electrons. The van der Waals surface area contributed by atoms with Crippen LogP contribution in [-0.4, -0.2) is 44.5 Å². The molecule has 2 aromatic rings. The molecule has 9 nitrogen and oxygen atoms in total. The number of hydrogen-bond acceptors (Lipinski definition) is 7. The van der Waals surface area contributed by atoms with Crippen LogP contribution in [0, 0.1) is 5.92 Å². The molecule has 1 fully saturated rings. The number of aromatic amines is 1. The van der Waals surface area contributed by atoms with Crippen LogP contribution in [0.4, 0.5) is 0 Å². The molecule has 25 heavy (non-hydrogen) atoms. The Morgan fingerprint density at radius 2 is 2.16 bits per heavy atom. The predicted octanol–water partition coefficient (Wildman–Crippen LogP) is -0.357. The van der Waals surface area contributed by atoms with Crippen molar-refractivity contribution in [2.75, 3.05) is 6.61 Å². The minimum absolute atomic E-state index is 0.0588. The van der Waals surface area contributed by atoms with Gasteiger partial charge >= 0.3 is 11.7 Å². The second kappa shape index (κ2) is 6.69. The molecular weight excluding hydrogens is 332 g/mol. The fourth-order valence-corrected chi connectivity index (χ4v) is 3.12. The molecule has 1 aliphatic carbocycles. The van der Waals surface area contributed by atoms with Crippen LogP contribution >= 0.6 is 0 Å². The van der Waals surface area contributed by atoms with Gasteiger partial charge in [-0.05, 0) is 12.5 Å². The van der Waals surface area contributed by atoms with E-state index in [0.29, 0.717) is 5.56 Å². The van der Waals surface area contributed by atoms with Gasteiger partial charge in [-0.1, -0.05) is 0 Å². The average Bonchev–Trinajstić information content (AvgIpc) is 3.17. The van der Waals surface area contributed by atoms with Gasteiger partial charge in [0.15, 0.2) is 0 Å². The van der Waals surface area contributed by atoms with Gasteiger partial charge in [0, 0.05) is 24.6 Å². The lowest BCUT2D eigenvalue weighted by Crippen LogP contribution is -2.37. The Labute approximate surface area is 141 Å². The average molecular weight is 350 g/mol. The van der Waals surface area contributed by atoms with Crippen LogP contribution in [0.5, 0.6) is 0 Å². The standard InChI is InChI=1S/C16H18N2O7/c1-8(19)25-7-10-4-12(14(21)13(10)20)18-5-11(9-2-3-24-6-9)15(22)17-16(18)23/h2-3,5-6,10,12-14,20-21H,4,7H2,1H3,(H,17,22,23)/t10-,12-,13+,14-/m1/s1. The van der Waals surface area contributed by atoms with Gasteiger partial charge in [0.05, 0.1) is 36.8 Å². The summed E-state index contributed by atoms with van der Waals surface area (Å²) < 4.78 is 11.0. The van der Waals surface area contributed by atoms with E-state index in [2.05, 4.69) is 4.98 Å². The van der Waals surface area contributed by atoms with Crippen molar-refractivity contribution in [3.8, 4) is 11.1 Å². The number of rotatable bonds is 4. The summed E-state index contributed by atoms with van der Waals surface area (Å²) in [6, 6.07) is 0.813. The van der Waals surface area contributed by atoms with Crippen LogP contribution in [0.1, 0.15) is 19.4 Å². The van der Waals surface area contributed by atoms with E-state index < -0.39 is 41.4 Å². The number of ether oxygens (including phenoxy) is 1. The minimum Gasteiger partial charge on any atom is -0.472 e. The second-order valence-corrected chi connectivity index (χ2v) is 6.07. The molecule has 134 valence electrons. The maximum atomic E-state index is 12.2. The smallest absolute Gasteiger partial charge is 0.328 e. The topological polar surface area (TPSA) is 135 Å². The van der Waals surface area contributed by atoms with Crippen LogP contribution in [-0.2, 0) is 9.53 Å². The lowest BCUT2D eigenvalue weighted by molar-refractivity contribution is -0.143. The van der Waals surface area contributed by atoms with Crippen molar-refractivity contribution in [1.29, 1.82) is 0 Å². The molecule has 0 amide bonds. The van der Waals surface area contributed by atoms with Crippen LogP contribution in [0.2, 0.25) is 0 Å². The number of furan rings is 1. The lowest BCUT2D eigenvalue weighted by atomic mass is 10.1. The zero-order valence-corrected chi connectivity index (χ0v) is 13.4. The van der Waals surface area contributed by atoms with Crippen molar-refractivity contribution in [3.05, 3.63) is 45.6 Å². The molecule has 9 heteroatoms. The van der Waals surface area contributed by atoms with Crippen molar-refractivity contribution in [2.24, 2.45) is 5.92 Å². The highest BCUT2D eigenvalue weighted by molar-refractivity contribution is 5.65. The molecule has 4 atom stereocenters. The molecule has 3 rings (SSSR count). The number of nitrogens with one attached hydrogen (secondary N) is 1. The third kappa shape index (κ3) is 3.28. The monoisotopic (exact) mass is 350 g/mol. The van der Waals surface area contributed by atoms with Crippen molar-refractivity contribution in [2.45, 2.75) is 31.6 Å². The quantitative estimate of drug-likeness (QED) is 0.641. The first-order valence-corrected chi connectivity index (χ1v) is 7.76. The number of nitrogens with zero attached hydrogens (tertiary/aromatic N) is 1. The van der Waals surface area contributed by atoms with Crippen LogP contribution in [0.15, 0.2) is 38.8 Å². The number of H-pyrrole nitrogens is 1. The summed E-state index contributed by atoms with van der Waals surface area (Å²) in [6.07, 6.45) is 1.92. The molecule has 0 aromatic carbocycles. The van der Waals surface area contributed by atoms with Gasteiger partial charge in [0.2, 0.25) is 0 Å². The summed E-state index contributed by atoms with van der Waals surface area (Å²) in [6.45, 7) is 1.19. The maximum Gasteiger partial charge on any atom is 0.328 e. The van der Waals surface area contributed by atoms with Crippen LogP contribution in [0.3, 0.4) is 0 Å². The summed E-state index contributed by atoms with van der Waals surface area (Å²) in [5, 5.41) is 20.5.